The second-order valence-corrected chi connectivity index (χ2v) is 7.42. The number of ether oxygens (including phenoxy) is 1. The Labute approximate surface area is 176 Å². The third kappa shape index (κ3) is 4.97. The summed E-state index contributed by atoms with van der Waals surface area (Å²) in [6, 6.07) is 7.77. The van der Waals surface area contributed by atoms with Crippen molar-refractivity contribution >= 4 is 35.0 Å². The normalized spacial score (nSPS) is 15.2. The van der Waals surface area contributed by atoms with Gasteiger partial charge in [-0.2, -0.15) is 0 Å². The van der Waals surface area contributed by atoms with Gasteiger partial charge < -0.3 is 14.5 Å². The molecule has 2 aromatic rings. The molecule has 1 fully saturated rings. The van der Waals surface area contributed by atoms with E-state index in [4.69, 9.17) is 27.9 Å². The Hall–Kier alpha value is -2.38. The number of hydrogen-bond donors (Lipinski definition) is 0. The van der Waals surface area contributed by atoms with Gasteiger partial charge in [-0.1, -0.05) is 23.2 Å². The highest BCUT2D eigenvalue weighted by Gasteiger charge is 2.28. The molecule has 0 aliphatic carbocycles. The zero-order valence-corrected chi connectivity index (χ0v) is 17.0. The van der Waals surface area contributed by atoms with Gasteiger partial charge in [0.25, 0.3) is 11.8 Å². The first-order valence-electron chi connectivity index (χ1n) is 8.91. The fraction of sp³-hybridized carbons (Fsp3) is 0.300. The average molecular weight is 443 g/mol. The first-order chi connectivity index (χ1) is 13.8. The van der Waals surface area contributed by atoms with E-state index >= 15 is 0 Å². The van der Waals surface area contributed by atoms with E-state index in [0.29, 0.717) is 28.9 Å². The molecule has 0 radical (unpaired) electrons. The highest BCUT2D eigenvalue weighted by molar-refractivity contribution is 6.35. The topological polar surface area (TPSA) is 49.9 Å². The maximum Gasteiger partial charge on any atom is 0.263 e. The highest BCUT2D eigenvalue weighted by atomic mass is 35.5. The molecular formula is C20H18Cl2F2N2O3. The van der Waals surface area contributed by atoms with E-state index in [1.54, 1.807) is 24.0 Å². The molecule has 0 aromatic heterocycles. The summed E-state index contributed by atoms with van der Waals surface area (Å²) in [5.41, 5.74) is 0.0674. The van der Waals surface area contributed by atoms with Crippen LogP contribution in [-0.2, 0) is 4.79 Å². The van der Waals surface area contributed by atoms with E-state index < -0.39 is 23.6 Å². The van der Waals surface area contributed by atoms with Gasteiger partial charge in [-0.25, -0.2) is 8.78 Å². The molecule has 1 aliphatic rings. The number of carbonyl (C=O) groups is 2. The minimum atomic E-state index is -1.07. The summed E-state index contributed by atoms with van der Waals surface area (Å²) < 4.78 is 32.1. The van der Waals surface area contributed by atoms with Crippen molar-refractivity contribution in [3.05, 3.63) is 63.6 Å². The second-order valence-electron chi connectivity index (χ2n) is 6.58. The molecule has 2 aromatic carbocycles. The van der Waals surface area contributed by atoms with Gasteiger partial charge in [0.05, 0.1) is 5.02 Å². The zero-order chi connectivity index (χ0) is 21.1. The molecule has 0 bridgehead atoms. The Balaban J connectivity index is 1.57. The number of hydrogen-bond acceptors (Lipinski definition) is 3. The minimum Gasteiger partial charge on any atom is -0.479 e. The van der Waals surface area contributed by atoms with E-state index in [1.807, 2.05) is 0 Å². The van der Waals surface area contributed by atoms with Crippen molar-refractivity contribution in [2.24, 2.45) is 0 Å². The summed E-state index contributed by atoms with van der Waals surface area (Å²) in [7, 11) is 0. The molecule has 0 N–H and O–H groups in total. The van der Waals surface area contributed by atoms with Gasteiger partial charge in [0, 0.05) is 36.8 Å². The fourth-order valence-electron chi connectivity index (χ4n) is 3.01. The van der Waals surface area contributed by atoms with Crippen molar-refractivity contribution in [3.63, 3.8) is 0 Å². The Kier molecular flexibility index (Phi) is 6.59. The highest BCUT2D eigenvalue weighted by Crippen LogP contribution is 2.28. The van der Waals surface area contributed by atoms with Crippen LogP contribution in [0.5, 0.6) is 5.75 Å². The van der Waals surface area contributed by atoms with Crippen molar-refractivity contribution in [2.75, 3.05) is 26.2 Å². The Morgan fingerprint density at radius 3 is 2.24 bits per heavy atom. The molecule has 2 amide bonds. The van der Waals surface area contributed by atoms with Gasteiger partial charge in [-0.15, -0.1) is 0 Å². The van der Waals surface area contributed by atoms with E-state index in [0.717, 1.165) is 12.1 Å². The standard InChI is InChI=1S/C20H18Cl2F2N2O3/c1-12(29-18-5-3-14(21)11-15(18)22)19(27)25-6-8-26(9-7-25)20(28)13-2-4-16(23)17(24)10-13/h2-5,10-12H,6-9H2,1H3. The van der Waals surface area contributed by atoms with Crippen LogP contribution in [0.2, 0.25) is 10.0 Å². The predicted octanol–water partition coefficient (Wildman–Crippen LogP) is 4.02. The number of carbonyl (C=O) groups excluding carboxylic acids is 2. The molecule has 1 atom stereocenters. The van der Waals surface area contributed by atoms with Crippen molar-refractivity contribution in [1.82, 2.24) is 9.80 Å². The van der Waals surface area contributed by atoms with Crippen LogP contribution in [-0.4, -0.2) is 53.9 Å². The molecule has 1 unspecified atom stereocenters. The molecule has 0 saturated carbocycles. The molecule has 0 spiro atoms. The number of nitrogens with zero attached hydrogens (tertiary/aromatic N) is 2. The fourth-order valence-corrected chi connectivity index (χ4v) is 3.46. The van der Waals surface area contributed by atoms with E-state index in [-0.39, 0.29) is 24.6 Å². The molecule has 9 heteroatoms. The van der Waals surface area contributed by atoms with Gasteiger partial charge in [0.1, 0.15) is 5.75 Å². The number of benzene rings is 2. The van der Waals surface area contributed by atoms with Crippen LogP contribution in [0.15, 0.2) is 36.4 Å². The maximum absolute atomic E-state index is 13.4. The predicted molar refractivity (Wildman–Crippen MR) is 105 cm³/mol. The summed E-state index contributed by atoms with van der Waals surface area (Å²) in [5.74, 6) is -2.38. The third-order valence-electron chi connectivity index (χ3n) is 4.59. The molecule has 5 nitrogen and oxygen atoms in total. The largest absolute Gasteiger partial charge is 0.479 e. The number of piperazine rings is 1. The molecule has 1 heterocycles. The first-order valence-corrected chi connectivity index (χ1v) is 9.66. The Bertz CT molecular complexity index is 934. The van der Waals surface area contributed by atoms with Crippen LogP contribution in [0, 0.1) is 11.6 Å². The number of halogens is 4. The van der Waals surface area contributed by atoms with E-state index in [2.05, 4.69) is 0 Å². The number of amides is 2. The first kappa shape index (κ1) is 21.3. The SMILES string of the molecule is CC(Oc1ccc(Cl)cc1Cl)C(=O)N1CCN(C(=O)c2ccc(F)c(F)c2)CC1. The third-order valence-corrected chi connectivity index (χ3v) is 5.12. The van der Waals surface area contributed by atoms with Crippen molar-refractivity contribution in [1.29, 1.82) is 0 Å². The molecule has 29 heavy (non-hydrogen) atoms. The summed E-state index contributed by atoms with van der Waals surface area (Å²) in [6.07, 6.45) is -0.776. The van der Waals surface area contributed by atoms with Crippen LogP contribution in [0.4, 0.5) is 8.78 Å². The lowest BCUT2D eigenvalue weighted by molar-refractivity contribution is -0.139. The van der Waals surface area contributed by atoms with Gasteiger partial charge in [-0.3, -0.25) is 9.59 Å². The smallest absolute Gasteiger partial charge is 0.263 e. The lowest BCUT2D eigenvalue weighted by atomic mass is 10.1. The van der Waals surface area contributed by atoms with Gasteiger partial charge in [0.2, 0.25) is 0 Å². The van der Waals surface area contributed by atoms with Crippen LogP contribution in [0.3, 0.4) is 0 Å². The minimum absolute atomic E-state index is 0.0674. The Morgan fingerprint density at radius 1 is 0.966 bits per heavy atom. The van der Waals surface area contributed by atoms with Crippen LogP contribution < -0.4 is 4.74 Å². The number of rotatable bonds is 4. The monoisotopic (exact) mass is 442 g/mol. The maximum atomic E-state index is 13.4. The summed E-state index contributed by atoms with van der Waals surface area (Å²) in [5, 5.41) is 0.766. The average Bonchev–Trinajstić information content (AvgIpc) is 2.71. The lowest BCUT2D eigenvalue weighted by Gasteiger charge is -2.36. The quantitative estimate of drug-likeness (QED) is 0.718. The van der Waals surface area contributed by atoms with Gasteiger partial charge >= 0.3 is 0 Å². The second kappa shape index (κ2) is 8.97. The van der Waals surface area contributed by atoms with Crippen molar-refractivity contribution in [3.8, 4) is 5.75 Å². The van der Waals surface area contributed by atoms with Crippen LogP contribution >= 0.6 is 23.2 Å². The molecule has 1 aliphatic heterocycles. The lowest BCUT2D eigenvalue weighted by Crippen LogP contribution is -2.53. The zero-order valence-electron chi connectivity index (χ0n) is 15.5. The van der Waals surface area contributed by atoms with Gasteiger partial charge in [0.15, 0.2) is 17.7 Å². The van der Waals surface area contributed by atoms with E-state index in [9.17, 15) is 18.4 Å². The Morgan fingerprint density at radius 2 is 1.62 bits per heavy atom. The summed E-state index contributed by atoms with van der Waals surface area (Å²) in [4.78, 5) is 28.2. The summed E-state index contributed by atoms with van der Waals surface area (Å²) >= 11 is 11.9. The van der Waals surface area contributed by atoms with Crippen molar-refractivity contribution < 1.29 is 23.1 Å². The van der Waals surface area contributed by atoms with Crippen molar-refractivity contribution in [2.45, 2.75) is 13.0 Å². The summed E-state index contributed by atoms with van der Waals surface area (Å²) in [6.45, 7) is 2.77. The van der Waals surface area contributed by atoms with Crippen LogP contribution in [0.1, 0.15) is 17.3 Å². The molecule has 1 saturated heterocycles. The van der Waals surface area contributed by atoms with E-state index in [1.165, 1.54) is 17.0 Å². The molecular weight excluding hydrogens is 425 g/mol. The molecule has 154 valence electrons. The van der Waals surface area contributed by atoms with Gasteiger partial charge in [-0.05, 0) is 43.3 Å². The molecule has 3 rings (SSSR count). The van der Waals surface area contributed by atoms with Crippen LogP contribution in [0.25, 0.3) is 0 Å².